The standard InChI is InChI=1S/C10H14N2O/c1-8-2-3-9(6-12-8)10-7-13-5-4-11-10/h2-3,6,10-11H,4-5,7H2,1H3. The van der Waals surface area contributed by atoms with Crippen LogP contribution in [0.5, 0.6) is 0 Å². The van der Waals surface area contributed by atoms with Crippen LogP contribution in [-0.2, 0) is 4.74 Å². The van der Waals surface area contributed by atoms with Crippen molar-refractivity contribution in [1.82, 2.24) is 10.3 Å². The van der Waals surface area contributed by atoms with Gasteiger partial charge >= 0.3 is 0 Å². The maximum atomic E-state index is 5.38. The molecule has 13 heavy (non-hydrogen) atoms. The van der Waals surface area contributed by atoms with E-state index in [0.717, 1.165) is 25.5 Å². The van der Waals surface area contributed by atoms with Crippen molar-refractivity contribution in [2.24, 2.45) is 0 Å². The van der Waals surface area contributed by atoms with Crippen molar-refractivity contribution in [1.29, 1.82) is 0 Å². The van der Waals surface area contributed by atoms with Crippen LogP contribution in [0.2, 0.25) is 0 Å². The van der Waals surface area contributed by atoms with Gasteiger partial charge in [0.1, 0.15) is 0 Å². The minimum atomic E-state index is 0.321. The lowest BCUT2D eigenvalue weighted by atomic mass is 10.1. The maximum Gasteiger partial charge on any atom is 0.0662 e. The van der Waals surface area contributed by atoms with E-state index >= 15 is 0 Å². The zero-order valence-corrected chi connectivity index (χ0v) is 7.79. The lowest BCUT2D eigenvalue weighted by molar-refractivity contribution is 0.0768. The summed E-state index contributed by atoms with van der Waals surface area (Å²) in [5, 5.41) is 3.39. The molecular weight excluding hydrogens is 164 g/mol. The lowest BCUT2D eigenvalue weighted by Gasteiger charge is -2.23. The van der Waals surface area contributed by atoms with E-state index in [9.17, 15) is 0 Å². The van der Waals surface area contributed by atoms with Gasteiger partial charge in [0.15, 0.2) is 0 Å². The Bertz CT molecular complexity index is 265. The summed E-state index contributed by atoms with van der Waals surface area (Å²) in [5.74, 6) is 0. The molecule has 0 aromatic carbocycles. The fourth-order valence-corrected chi connectivity index (χ4v) is 1.46. The first-order chi connectivity index (χ1) is 6.36. The van der Waals surface area contributed by atoms with E-state index in [1.807, 2.05) is 19.2 Å². The highest BCUT2D eigenvalue weighted by molar-refractivity contribution is 5.17. The molecule has 0 amide bonds. The number of nitrogens with one attached hydrogen (secondary N) is 1. The molecule has 3 nitrogen and oxygen atoms in total. The van der Waals surface area contributed by atoms with Crippen LogP contribution < -0.4 is 5.32 Å². The number of hydrogen-bond donors (Lipinski definition) is 1. The number of nitrogens with zero attached hydrogens (tertiary/aromatic N) is 1. The van der Waals surface area contributed by atoms with Crippen molar-refractivity contribution in [3.8, 4) is 0 Å². The first-order valence-electron chi connectivity index (χ1n) is 4.60. The second kappa shape index (κ2) is 3.85. The summed E-state index contributed by atoms with van der Waals surface area (Å²) < 4.78 is 5.38. The zero-order chi connectivity index (χ0) is 9.10. The third-order valence-corrected chi connectivity index (χ3v) is 2.26. The van der Waals surface area contributed by atoms with Crippen molar-refractivity contribution in [3.05, 3.63) is 29.6 Å². The van der Waals surface area contributed by atoms with Gasteiger partial charge in [0.2, 0.25) is 0 Å². The summed E-state index contributed by atoms with van der Waals surface area (Å²) >= 11 is 0. The number of pyridine rings is 1. The van der Waals surface area contributed by atoms with Gasteiger partial charge in [0.25, 0.3) is 0 Å². The molecule has 1 fully saturated rings. The zero-order valence-electron chi connectivity index (χ0n) is 7.79. The summed E-state index contributed by atoms with van der Waals surface area (Å²) in [7, 11) is 0. The van der Waals surface area contributed by atoms with E-state index in [-0.39, 0.29) is 0 Å². The molecule has 0 aliphatic carbocycles. The van der Waals surface area contributed by atoms with E-state index in [1.165, 1.54) is 5.56 Å². The lowest BCUT2D eigenvalue weighted by Crippen LogP contribution is -2.34. The number of hydrogen-bond acceptors (Lipinski definition) is 3. The predicted octanol–water partition coefficient (Wildman–Crippen LogP) is 1.05. The molecule has 0 radical (unpaired) electrons. The molecule has 2 heterocycles. The number of morpholine rings is 1. The van der Waals surface area contributed by atoms with Gasteiger partial charge in [-0.3, -0.25) is 4.98 Å². The van der Waals surface area contributed by atoms with Gasteiger partial charge in [0, 0.05) is 18.4 Å². The van der Waals surface area contributed by atoms with E-state index in [4.69, 9.17) is 4.74 Å². The fourth-order valence-electron chi connectivity index (χ4n) is 1.46. The van der Waals surface area contributed by atoms with Gasteiger partial charge in [-0.2, -0.15) is 0 Å². The summed E-state index contributed by atoms with van der Waals surface area (Å²) in [5.41, 5.74) is 2.27. The normalized spacial score (nSPS) is 23.0. The Kier molecular flexibility index (Phi) is 2.57. The van der Waals surface area contributed by atoms with Crippen molar-refractivity contribution < 1.29 is 4.74 Å². The molecule has 1 aromatic rings. The maximum absolute atomic E-state index is 5.38. The molecule has 1 aromatic heterocycles. The minimum absolute atomic E-state index is 0.321. The smallest absolute Gasteiger partial charge is 0.0662 e. The molecule has 1 N–H and O–H groups in total. The van der Waals surface area contributed by atoms with Crippen LogP contribution >= 0.6 is 0 Å². The molecule has 1 aliphatic heterocycles. The molecule has 0 bridgehead atoms. The van der Waals surface area contributed by atoms with Crippen molar-refractivity contribution >= 4 is 0 Å². The SMILES string of the molecule is Cc1ccc(C2COCCN2)cn1. The quantitative estimate of drug-likeness (QED) is 0.698. The van der Waals surface area contributed by atoms with Crippen molar-refractivity contribution in [2.75, 3.05) is 19.8 Å². The molecule has 1 unspecified atom stereocenters. The van der Waals surface area contributed by atoms with Crippen LogP contribution in [-0.4, -0.2) is 24.7 Å². The molecule has 0 spiro atoms. The third-order valence-electron chi connectivity index (χ3n) is 2.26. The molecule has 3 heteroatoms. The summed E-state index contributed by atoms with van der Waals surface area (Å²) in [6, 6.07) is 4.46. The van der Waals surface area contributed by atoms with Gasteiger partial charge in [0.05, 0.1) is 19.3 Å². The number of aryl methyl sites for hydroxylation is 1. The average molecular weight is 178 g/mol. The highest BCUT2D eigenvalue weighted by Gasteiger charge is 2.14. The summed E-state index contributed by atoms with van der Waals surface area (Å²) in [4.78, 5) is 4.26. The number of aromatic nitrogens is 1. The van der Waals surface area contributed by atoms with Crippen LogP contribution in [0.1, 0.15) is 17.3 Å². The van der Waals surface area contributed by atoms with Crippen molar-refractivity contribution in [3.63, 3.8) is 0 Å². The van der Waals surface area contributed by atoms with Crippen LogP contribution in [0.25, 0.3) is 0 Å². The predicted molar refractivity (Wildman–Crippen MR) is 50.5 cm³/mol. The first kappa shape index (κ1) is 8.66. The second-order valence-electron chi connectivity index (χ2n) is 3.31. The van der Waals surface area contributed by atoms with Crippen LogP contribution in [0.15, 0.2) is 18.3 Å². The van der Waals surface area contributed by atoms with Gasteiger partial charge < -0.3 is 10.1 Å². The Hall–Kier alpha value is -0.930. The molecule has 1 atom stereocenters. The van der Waals surface area contributed by atoms with Crippen LogP contribution in [0, 0.1) is 6.92 Å². The highest BCUT2D eigenvalue weighted by atomic mass is 16.5. The topological polar surface area (TPSA) is 34.1 Å². The molecular formula is C10H14N2O. The monoisotopic (exact) mass is 178 g/mol. The second-order valence-corrected chi connectivity index (χ2v) is 3.31. The molecule has 2 rings (SSSR count). The molecule has 70 valence electrons. The van der Waals surface area contributed by atoms with E-state index < -0.39 is 0 Å². The molecule has 1 aliphatic rings. The average Bonchev–Trinajstić information content (AvgIpc) is 2.20. The Labute approximate surface area is 78.1 Å². The van der Waals surface area contributed by atoms with E-state index in [1.54, 1.807) is 0 Å². The number of rotatable bonds is 1. The Balaban J connectivity index is 2.10. The molecule has 0 saturated carbocycles. The largest absolute Gasteiger partial charge is 0.378 e. The van der Waals surface area contributed by atoms with Gasteiger partial charge in [-0.1, -0.05) is 6.07 Å². The Morgan fingerprint density at radius 1 is 1.54 bits per heavy atom. The number of ether oxygens (including phenoxy) is 1. The Morgan fingerprint density at radius 3 is 3.08 bits per heavy atom. The van der Waals surface area contributed by atoms with E-state index in [0.29, 0.717) is 6.04 Å². The molecule has 1 saturated heterocycles. The summed E-state index contributed by atoms with van der Waals surface area (Å²) in [6.07, 6.45) is 1.92. The van der Waals surface area contributed by atoms with Crippen LogP contribution in [0.4, 0.5) is 0 Å². The third kappa shape index (κ3) is 2.05. The van der Waals surface area contributed by atoms with Gasteiger partial charge in [-0.15, -0.1) is 0 Å². The van der Waals surface area contributed by atoms with Gasteiger partial charge in [-0.05, 0) is 18.6 Å². The van der Waals surface area contributed by atoms with Crippen LogP contribution in [0.3, 0.4) is 0 Å². The first-order valence-corrected chi connectivity index (χ1v) is 4.60. The van der Waals surface area contributed by atoms with Gasteiger partial charge in [-0.25, -0.2) is 0 Å². The minimum Gasteiger partial charge on any atom is -0.378 e. The fraction of sp³-hybridized carbons (Fsp3) is 0.500. The Morgan fingerprint density at radius 2 is 2.46 bits per heavy atom. The van der Waals surface area contributed by atoms with E-state index in [2.05, 4.69) is 16.4 Å². The van der Waals surface area contributed by atoms with Crippen molar-refractivity contribution in [2.45, 2.75) is 13.0 Å². The summed E-state index contributed by atoms with van der Waals surface area (Å²) in [6.45, 7) is 4.49. The highest BCUT2D eigenvalue weighted by Crippen LogP contribution is 2.14.